The number of carboxylic acid groups (broad SMARTS) is 1. The van der Waals surface area contributed by atoms with Gasteiger partial charge in [-0.2, -0.15) is 11.8 Å². The van der Waals surface area contributed by atoms with Gasteiger partial charge in [-0.3, -0.25) is 10.1 Å². The van der Waals surface area contributed by atoms with Crippen molar-refractivity contribution in [2.24, 2.45) is 0 Å². The summed E-state index contributed by atoms with van der Waals surface area (Å²) in [6.45, 7) is 2.64. The second kappa shape index (κ2) is 4.77. The molecule has 2 heterocycles. The Morgan fingerprint density at radius 3 is 3.06 bits per heavy atom. The van der Waals surface area contributed by atoms with Crippen LogP contribution in [0.15, 0.2) is 17.5 Å². The van der Waals surface area contributed by atoms with Gasteiger partial charge in [-0.05, 0) is 23.6 Å². The van der Waals surface area contributed by atoms with Gasteiger partial charge in [0.15, 0.2) is 0 Å². The van der Waals surface area contributed by atoms with Crippen molar-refractivity contribution in [3.8, 4) is 0 Å². The van der Waals surface area contributed by atoms with Gasteiger partial charge >= 0.3 is 5.97 Å². The Labute approximate surface area is 103 Å². The fourth-order valence-corrected chi connectivity index (χ4v) is 4.01. The molecule has 2 rings (SSSR count). The van der Waals surface area contributed by atoms with Crippen LogP contribution in [-0.2, 0) is 11.3 Å². The SMILES string of the molecule is CC1SCCC1(NCc1cccs1)C(=O)O. The molecule has 1 saturated heterocycles. The van der Waals surface area contributed by atoms with Crippen LogP contribution in [0, 0.1) is 0 Å². The molecular weight excluding hydrogens is 242 g/mol. The molecule has 0 amide bonds. The van der Waals surface area contributed by atoms with E-state index in [1.54, 1.807) is 23.1 Å². The lowest BCUT2D eigenvalue weighted by molar-refractivity contribution is -0.144. The van der Waals surface area contributed by atoms with Crippen molar-refractivity contribution in [3.63, 3.8) is 0 Å². The maximum Gasteiger partial charge on any atom is 0.325 e. The zero-order chi connectivity index (χ0) is 11.6. The maximum atomic E-state index is 11.4. The summed E-state index contributed by atoms with van der Waals surface area (Å²) in [5.74, 6) is 0.201. The zero-order valence-electron chi connectivity index (χ0n) is 9.10. The molecule has 1 aliphatic rings. The van der Waals surface area contributed by atoms with Gasteiger partial charge < -0.3 is 5.11 Å². The topological polar surface area (TPSA) is 49.3 Å². The van der Waals surface area contributed by atoms with Crippen LogP contribution in [0.2, 0.25) is 0 Å². The third-order valence-electron chi connectivity index (χ3n) is 3.10. The van der Waals surface area contributed by atoms with Crippen LogP contribution in [0.25, 0.3) is 0 Å². The number of thiophene rings is 1. The van der Waals surface area contributed by atoms with Crippen molar-refractivity contribution in [3.05, 3.63) is 22.4 Å². The first-order chi connectivity index (χ1) is 7.65. The first kappa shape index (κ1) is 12.0. The third kappa shape index (κ3) is 2.12. The summed E-state index contributed by atoms with van der Waals surface area (Å²) in [5.41, 5.74) is -0.741. The summed E-state index contributed by atoms with van der Waals surface area (Å²) < 4.78 is 0. The van der Waals surface area contributed by atoms with E-state index >= 15 is 0 Å². The Kier molecular flexibility index (Phi) is 3.56. The molecule has 0 spiro atoms. The molecule has 0 bridgehead atoms. The molecule has 0 aromatic carbocycles. The van der Waals surface area contributed by atoms with E-state index in [1.807, 2.05) is 24.4 Å². The summed E-state index contributed by atoms with van der Waals surface area (Å²) >= 11 is 3.39. The normalized spacial score (nSPS) is 29.4. The number of carbonyl (C=O) groups is 1. The van der Waals surface area contributed by atoms with Gasteiger partial charge in [0, 0.05) is 16.7 Å². The Hall–Kier alpha value is -0.520. The highest BCUT2D eigenvalue weighted by Crippen LogP contribution is 2.36. The Balaban J connectivity index is 2.06. The van der Waals surface area contributed by atoms with E-state index < -0.39 is 11.5 Å². The summed E-state index contributed by atoms with van der Waals surface area (Å²) in [4.78, 5) is 12.6. The number of hydrogen-bond donors (Lipinski definition) is 2. The predicted octanol–water partition coefficient (Wildman–Crippen LogP) is 2.19. The maximum absolute atomic E-state index is 11.4. The monoisotopic (exact) mass is 257 g/mol. The second-order valence-electron chi connectivity index (χ2n) is 3.97. The third-order valence-corrected chi connectivity index (χ3v) is 5.32. The molecule has 2 atom stereocenters. The minimum atomic E-state index is -0.741. The average Bonchev–Trinajstić information content (AvgIpc) is 2.85. The van der Waals surface area contributed by atoms with Gasteiger partial charge in [0.2, 0.25) is 0 Å². The molecule has 88 valence electrons. The van der Waals surface area contributed by atoms with Crippen molar-refractivity contribution in [2.75, 3.05) is 5.75 Å². The molecule has 0 aliphatic carbocycles. The number of carboxylic acids is 1. The molecular formula is C11H15NO2S2. The van der Waals surface area contributed by atoms with Crippen molar-refractivity contribution >= 4 is 29.1 Å². The zero-order valence-corrected chi connectivity index (χ0v) is 10.7. The standard InChI is InChI=1S/C11H15NO2S2/c1-8-11(10(13)14,4-6-15-8)12-7-9-3-2-5-16-9/h2-3,5,8,12H,4,6-7H2,1H3,(H,13,14). The van der Waals surface area contributed by atoms with E-state index in [2.05, 4.69) is 5.32 Å². The smallest absolute Gasteiger partial charge is 0.325 e. The lowest BCUT2D eigenvalue weighted by Gasteiger charge is -2.29. The van der Waals surface area contributed by atoms with E-state index in [1.165, 1.54) is 4.88 Å². The molecule has 0 saturated carbocycles. The largest absolute Gasteiger partial charge is 0.480 e. The van der Waals surface area contributed by atoms with Crippen LogP contribution in [0.4, 0.5) is 0 Å². The predicted molar refractivity (Wildman–Crippen MR) is 68.1 cm³/mol. The van der Waals surface area contributed by atoms with Gasteiger partial charge in [0.25, 0.3) is 0 Å². The van der Waals surface area contributed by atoms with Crippen molar-refractivity contribution in [1.29, 1.82) is 0 Å². The van der Waals surface area contributed by atoms with Gasteiger partial charge in [-0.1, -0.05) is 13.0 Å². The lowest BCUT2D eigenvalue weighted by atomic mass is 9.93. The molecule has 1 fully saturated rings. The van der Waals surface area contributed by atoms with Gasteiger partial charge in [-0.15, -0.1) is 11.3 Å². The van der Waals surface area contributed by atoms with Gasteiger partial charge in [0.1, 0.15) is 5.54 Å². The van der Waals surface area contributed by atoms with Crippen LogP contribution >= 0.6 is 23.1 Å². The first-order valence-corrected chi connectivity index (χ1v) is 7.20. The summed E-state index contributed by atoms with van der Waals surface area (Å²) in [6, 6.07) is 4.02. The van der Waals surface area contributed by atoms with Crippen LogP contribution in [0.1, 0.15) is 18.2 Å². The summed E-state index contributed by atoms with van der Waals surface area (Å²) in [5, 5.41) is 14.8. The molecule has 2 N–H and O–H groups in total. The summed E-state index contributed by atoms with van der Waals surface area (Å²) in [7, 11) is 0. The number of rotatable bonds is 4. The number of nitrogens with one attached hydrogen (secondary N) is 1. The Bertz CT molecular complexity index is 366. The van der Waals surface area contributed by atoms with Crippen LogP contribution in [0.5, 0.6) is 0 Å². The molecule has 2 unspecified atom stereocenters. The van der Waals surface area contributed by atoms with E-state index in [0.29, 0.717) is 13.0 Å². The van der Waals surface area contributed by atoms with Crippen molar-refractivity contribution < 1.29 is 9.90 Å². The minimum absolute atomic E-state index is 0.130. The fraction of sp³-hybridized carbons (Fsp3) is 0.545. The van der Waals surface area contributed by atoms with Crippen LogP contribution < -0.4 is 5.32 Å². The van der Waals surface area contributed by atoms with E-state index in [0.717, 1.165) is 5.75 Å². The Morgan fingerprint density at radius 2 is 2.56 bits per heavy atom. The van der Waals surface area contributed by atoms with Gasteiger partial charge in [-0.25, -0.2) is 0 Å². The molecule has 16 heavy (non-hydrogen) atoms. The molecule has 1 aliphatic heterocycles. The lowest BCUT2D eigenvalue weighted by Crippen LogP contribution is -2.55. The number of hydrogen-bond acceptors (Lipinski definition) is 4. The van der Waals surface area contributed by atoms with E-state index in [-0.39, 0.29) is 5.25 Å². The molecule has 5 heteroatoms. The fourth-order valence-electron chi connectivity index (χ4n) is 1.99. The number of thioether (sulfide) groups is 1. The summed E-state index contributed by atoms with van der Waals surface area (Å²) in [6.07, 6.45) is 0.708. The van der Waals surface area contributed by atoms with E-state index in [9.17, 15) is 9.90 Å². The van der Waals surface area contributed by atoms with Gasteiger partial charge in [0.05, 0.1) is 0 Å². The van der Waals surface area contributed by atoms with E-state index in [4.69, 9.17) is 0 Å². The van der Waals surface area contributed by atoms with Crippen molar-refractivity contribution in [2.45, 2.75) is 30.7 Å². The quantitative estimate of drug-likeness (QED) is 0.868. The highest BCUT2D eigenvalue weighted by molar-refractivity contribution is 8.00. The number of aliphatic carboxylic acids is 1. The van der Waals surface area contributed by atoms with Crippen molar-refractivity contribution in [1.82, 2.24) is 5.32 Å². The van der Waals surface area contributed by atoms with Crippen LogP contribution in [0.3, 0.4) is 0 Å². The highest BCUT2D eigenvalue weighted by Gasteiger charge is 2.47. The Morgan fingerprint density at radius 1 is 1.75 bits per heavy atom. The average molecular weight is 257 g/mol. The second-order valence-corrected chi connectivity index (χ2v) is 6.45. The highest BCUT2D eigenvalue weighted by atomic mass is 32.2. The van der Waals surface area contributed by atoms with Crippen LogP contribution in [-0.4, -0.2) is 27.6 Å². The first-order valence-electron chi connectivity index (χ1n) is 5.27. The molecule has 3 nitrogen and oxygen atoms in total. The molecule has 1 aromatic rings. The molecule has 1 aromatic heterocycles. The minimum Gasteiger partial charge on any atom is -0.480 e. The molecule has 0 radical (unpaired) electrons.